The first-order valence-electron chi connectivity index (χ1n) is 14.4. The molecule has 0 radical (unpaired) electrons. The molecular weight excluding hydrogens is 490 g/mol. The third-order valence-electron chi connectivity index (χ3n) is 8.87. The van der Waals surface area contributed by atoms with Gasteiger partial charge in [-0.2, -0.15) is 0 Å². The highest BCUT2D eigenvalue weighted by Gasteiger charge is 2.52. The number of carbonyl (C=O) groups excluding carboxylic acids is 1. The van der Waals surface area contributed by atoms with E-state index in [1.165, 1.54) is 16.7 Å². The lowest BCUT2D eigenvalue weighted by Crippen LogP contribution is -2.43. The first-order valence-corrected chi connectivity index (χ1v) is 14.4. The van der Waals surface area contributed by atoms with Gasteiger partial charge in [0.05, 0.1) is 28.5 Å². The van der Waals surface area contributed by atoms with Crippen molar-refractivity contribution in [2.75, 3.05) is 11.4 Å². The number of nitrogens with zero attached hydrogens (tertiary/aromatic N) is 2. The maximum Gasteiger partial charge on any atom is 0.237 e. The van der Waals surface area contributed by atoms with Crippen LogP contribution in [0.4, 0.5) is 5.69 Å². The summed E-state index contributed by atoms with van der Waals surface area (Å²) in [6.07, 6.45) is 3.24. The minimum atomic E-state index is -0.657. The van der Waals surface area contributed by atoms with Gasteiger partial charge >= 0.3 is 0 Å². The molecule has 1 amide bonds. The monoisotopic (exact) mass is 527 g/mol. The summed E-state index contributed by atoms with van der Waals surface area (Å²) < 4.78 is 0. The first-order chi connectivity index (χ1) is 19.5. The molecule has 202 valence electrons. The number of nitrogens with one attached hydrogen (secondary N) is 1. The van der Waals surface area contributed by atoms with Crippen molar-refractivity contribution in [2.45, 2.75) is 56.8 Å². The molecular formula is C36H37N3O. The number of anilines is 1. The number of hydrogen-bond acceptors (Lipinski definition) is 2. The quantitative estimate of drug-likeness (QED) is 0.209. The molecule has 6 rings (SSSR count). The molecule has 0 saturated heterocycles. The zero-order valence-electron chi connectivity index (χ0n) is 23.5. The summed E-state index contributed by atoms with van der Waals surface area (Å²) in [6, 6.07) is 36.1. The summed E-state index contributed by atoms with van der Waals surface area (Å²) in [6.45, 7) is 7.38. The zero-order chi connectivity index (χ0) is 27.7. The molecule has 3 unspecified atom stereocenters. The maximum absolute atomic E-state index is 15.0. The van der Waals surface area contributed by atoms with Crippen LogP contribution in [0.5, 0.6) is 0 Å². The topological polar surface area (TPSA) is 49.0 Å². The number of amides is 1. The van der Waals surface area contributed by atoms with Gasteiger partial charge in [0.1, 0.15) is 0 Å². The molecule has 0 aliphatic carbocycles. The summed E-state index contributed by atoms with van der Waals surface area (Å²) in [7, 11) is 0. The third-order valence-corrected chi connectivity index (χ3v) is 8.87. The molecule has 5 aromatic rings. The fraction of sp³-hybridized carbons (Fsp3) is 0.278. The summed E-state index contributed by atoms with van der Waals surface area (Å²) in [5.41, 5.74) is 7.12. The highest BCUT2D eigenvalue weighted by atomic mass is 16.2. The van der Waals surface area contributed by atoms with Gasteiger partial charge in [-0.25, -0.2) is 4.98 Å². The van der Waals surface area contributed by atoms with Crippen molar-refractivity contribution in [3.05, 3.63) is 132 Å². The van der Waals surface area contributed by atoms with E-state index in [-0.39, 0.29) is 23.7 Å². The van der Waals surface area contributed by atoms with E-state index in [1.54, 1.807) is 6.33 Å². The summed E-state index contributed by atoms with van der Waals surface area (Å²) in [4.78, 5) is 24.9. The number of aromatic nitrogens is 2. The van der Waals surface area contributed by atoms with Crippen molar-refractivity contribution in [1.29, 1.82) is 0 Å². The van der Waals surface area contributed by atoms with Crippen molar-refractivity contribution in [2.24, 2.45) is 0 Å². The predicted molar refractivity (Wildman–Crippen MR) is 164 cm³/mol. The number of aromatic amines is 1. The van der Waals surface area contributed by atoms with Crippen LogP contribution in [0.3, 0.4) is 0 Å². The molecule has 4 heteroatoms. The molecule has 0 saturated carbocycles. The molecule has 0 spiro atoms. The summed E-state index contributed by atoms with van der Waals surface area (Å²) in [5.74, 6) is 0.833. The van der Waals surface area contributed by atoms with E-state index in [0.29, 0.717) is 6.54 Å². The lowest BCUT2D eigenvalue weighted by molar-refractivity contribution is -0.124. The van der Waals surface area contributed by atoms with Gasteiger partial charge in [-0.15, -0.1) is 0 Å². The van der Waals surface area contributed by atoms with Crippen molar-refractivity contribution >= 4 is 22.6 Å². The standard InChI is InChI=1S/C36H37N3O/c1-25(28-13-7-4-8-14-28)21-36(22-26(2)29-15-9-5-10-16-29)31-19-32-33(38-24-37-32)20-34(31)39(35(36)40)23-27(3)30-17-11-6-12-18-30/h4-20,24-27H,21-23H2,1-3H3,(H,37,38). The average molecular weight is 528 g/mol. The number of benzene rings is 4. The molecule has 0 bridgehead atoms. The molecule has 1 N–H and O–H groups in total. The number of hydrogen-bond donors (Lipinski definition) is 1. The van der Waals surface area contributed by atoms with Crippen LogP contribution < -0.4 is 4.90 Å². The Balaban J connectivity index is 1.48. The van der Waals surface area contributed by atoms with Crippen molar-refractivity contribution < 1.29 is 4.79 Å². The van der Waals surface area contributed by atoms with E-state index < -0.39 is 5.41 Å². The minimum absolute atomic E-state index is 0.196. The van der Waals surface area contributed by atoms with Crippen LogP contribution in [-0.4, -0.2) is 22.4 Å². The normalized spacial score (nSPS) is 19.0. The largest absolute Gasteiger partial charge is 0.345 e. The molecule has 1 aliphatic rings. The van der Waals surface area contributed by atoms with Crippen LogP contribution >= 0.6 is 0 Å². The number of carbonyl (C=O) groups is 1. The van der Waals surface area contributed by atoms with E-state index >= 15 is 0 Å². The predicted octanol–water partition coefficient (Wildman–Crippen LogP) is 8.34. The lowest BCUT2D eigenvalue weighted by Gasteiger charge is -2.34. The van der Waals surface area contributed by atoms with Gasteiger partial charge < -0.3 is 9.88 Å². The van der Waals surface area contributed by atoms with Gasteiger partial charge in [0.25, 0.3) is 0 Å². The Morgan fingerprint density at radius 3 is 1.75 bits per heavy atom. The van der Waals surface area contributed by atoms with Gasteiger partial charge in [0.15, 0.2) is 0 Å². The fourth-order valence-electron chi connectivity index (χ4n) is 6.72. The fourth-order valence-corrected chi connectivity index (χ4v) is 6.72. The Hall–Kier alpha value is -4.18. The zero-order valence-corrected chi connectivity index (χ0v) is 23.5. The van der Waals surface area contributed by atoms with Gasteiger partial charge in [0, 0.05) is 6.54 Å². The molecule has 4 nitrogen and oxygen atoms in total. The molecule has 2 heterocycles. The van der Waals surface area contributed by atoms with E-state index in [4.69, 9.17) is 0 Å². The van der Waals surface area contributed by atoms with Crippen molar-refractivity contribution in [3.63, 3.8) is 0 Å². The number of imidazole rings is 1. The van der Waals surface area contributed by atoms with Crippen molar-refractivity contribution in [3.8, 4) is 0 Å². The van der Waals surface area contributed by atoms with E-state index in [9.17, 15) is 4.79 Å². The van der Waals surface area contributed by atoms with Crippen LogP contribution in [0, 0.1) is 0 Å². The number of rotatable bonds is 9. The third kappa shape index (κ3) is 4.72. The molecule has 1 aromatic heterocycles. The highest BCUT2D eigenvalue weighted by Crippen LogP contribution is 2.52. The second kappa shape index (κ2) is 10.8. The first kappa shape index (κ1) is 26.1. The van der Waals surface area contributed by atoms with Crippen LogP contribution in [0.2, 0.25) is 0 Å². The Morgan fingerprint density at radius 2 is 1.23 bits per heavy atom. The maximum atomic E-state index is 15.0. The van der Waals surface area contributed by atoms with Crippen LogP contribution in [0.25, 0.3) is 11.0 Å². The van der Waals surface area contributed by atoms with E-state index in [1.807, 2.05) is 6.07 Å². The highest BCUT2D eigenvalue weighted by molar-refractivity contribution is 6.10. The van der Waals surface area contributed by atoms with Crippen molar-refractivity contribution in [1.82, 2.24) is 9.97 Å². The van der Waals surface area contributed by atoms with Gasteiger partial charge in [-0.3, -0.25) is 4.79 Å². The smallest absolute Gasteiger partial charge is 0.237 e. The average Bonchev–Trinajstić information content (AvgIpc) is 3.54. The van der Waals surface area contributed by atoms with Gasteiger partial charge in [-0.1, -0.05) is 112 Å². The Labute approximate surface area is 237 Å². The molecule has 1 aliphatic heterocycles. The summed E-state index contributed by atoms with van der Waals surface area (Å²) in [5, 5.41) is 0. The molecule has 3 atom stereocenters. The minimum Gasteiger partial charge on any atom is -0.345 e. The Bertz CT molecular complexity index is 1550. The molecule has 0 fully saturated rings. The Morgan fingerprint density at radius 1 is 0.725 bits per heavy atom. The van der Waals surface area contributed by atoms with E-state index in [0.717, 1.165) is 35.1 Å². The molecule has 40 heavy (non-hydrogen) atoms. The SMILES string of the molecule is CC(CN1C(=O)C(CC(C)c2ccccc2)(CC(C)c2ccccc2)c2cc3[nH]cnc3cc21)c1ccccc1. The van der Waals surface area contributed by atoms with Crippen LogP contribution in [0.1, 0.15) is 73.6 Å². The summed E-state index contributed by atoms with van der Waals surface area (Å²) >= 11 is 0. The number of H-pyrrole nitrogens is 1. The van der Waals surface area contributed by atoms with Crippen LogP contribution in [-0.2, 0) is 10.2 Å². The second-order valence-electron chi connectivity index (χ2n) is 11.6. The van der Waals surface area contributed by atoms with Gasteiger partial charge in [-0.05, 0) is 65.0 Å². The second-order valence-corrected chi connectivity index (χ2v) is 11.6. The number of fused-ring (bicyclic) bond motifs is 2. The Kier molecular flexibility index (Phi) is 7.02. The van der Waals surface area contributed by atoms with Crippen LogP contribution in [0.15, 0.2) is 109 Å². The van der Waals surface area contributed by atoms with E-state index in [2.05, 4.69) is 133 Å². The lowest BCUT2D eigenvalue weighted by atomic mass is 9.68. The molecule has 4 aromatic carbocycles. The van der Waals surface area contributed by atoms with Gasteiger partial charge in [0.2, 0.25) is 5.91 Å².